The first-order valence-electron chi connectivity index (χ1n) is 4.28. The third-order valence-corrected chi connectivity index (χ3v) is 2.23. The Hall–Kier alpha value is -1.71. The zero-order valence-electron chi connectivity index (χ0n) is 8.00. The van der Waals surface area contributed by atoms with Gasteiger partial charge in [-0.2, -0.15) is 0 Å². The summed E-state index contributed by atoms with van der Waals surface area (Å²) in [5.74, 6) is -0.449. The summed E-state index contributed by atoms with van der Waals surface area (Å²) in [6.45, 7) is 3.69. The van der Waals surface area contributed by atoms with Crippen molar-refractivity contribution in [2.75, 3.05) is 5.73 Å². The van der Waals surface area contributed by atoms with Crippen LogP contribution in [0.1, 0.15) is 11.4 Å². The first-order chi connectivity index (χ1) is 6.59. The fourth-order valence-corrected chi connectivity index (χ4v) is 1.29. The minimum absolute atomic E-state index is 0.0677. The molecule has 0 aliphatic heterocycles. The number of hydrogen-bond donors (Lipinski definition) is 1. The molecule has 14 heavy (non-hydrogen) atoms. The van der Waals surface area contributed by atoms with Crippen molar-refractivity contribution in [3.8, 4) is 0 Å². The molecule has 0 atom stereocenters. The number of fused-ring (bicyclic) bond motifs is 1. The van der Waals surface area contributed by atoms with Crippen LogP contribution < -0.4 is 5.73 Å². The quantitative estimate of drug-likeness (QED) is 0.647. The Balaban J connectivity index is 2.89. The zero-order valence-corrected chi connectivity index (χ0v) is 8.00. The molecular weight excluding hydrogens is 181 g/mol. The summed E-state index contributed by atoms with van der Waals surface area (Å²) in [5, 5.41) is 0. The van der Waals surface area contributed by atoms with E-state index < -0.39 is 5.82 Å². The van der Waals surface area contributed by atoms with Crippen LogP contribution in [0.25, 0.3) is 11.0 Å². The molecule has 0 bridgehead atoms. The second kappa shape index (κ2) is 2.90. The van der Waals surface area contributed by atoms with Crippen LogP contribution in [0, 0.1) is 19.7 Å². The maximum Gasteiger partial charge on any atom is 0.148 e. The molecule has 0 saturated carbocycles. The van der Waals surface area contributed by atoms with Crippen molar-refractivity contribution in [3.05, 3.63) is 29.3 Å². The Labute approximate surface area is 80.8 Å². The van der Waals surface area contributed by atoms with Gasteiger partial charge in [-0.1, -0.05) is 0 Å². The molecular formula is C10H10FN3. The number of aryl methyl sites for hydroxylation is 2. The van der Waals surface area contributed by atoms with Gasteiger partial charge < -0.3 is 5.73 Å². The third-order valence-electron chi connectivity index (χ3n) is 2.23. The zero-order chi connectivity index (χ0) is 10.3. The summed E-state index contributed by atoms with van der Waals surface area (Å²) in [7, 11) is 0. The second-order valence-electron chi connectivity index (χ2n) is 3.22. The number of hydrogen-bond acceptors (Lipinski definition) is 3. The number of aromatic nitrogens is 2. The van der Waals surface area contributed by atoms with Crippen LogP contribution in [0.5, 0.6) is 0 Å². The molecule has 4 heteroatoms. The SMILES string of the molecule is Cc1nc2ccc(F)c(N)c2nc1C. The van der Waals surface area contributed by atoms with Gasteiger partial charge in [-0.05, 0) is 26.0 Å². The Morgan fingerprint density at radius 1 is 1.14 bits per heavy atom. The lowest BCUT2D eigenvalue weighted by molar-refractivity contribution is 0.633. The first-order valence-corrected chi connectivity index (χ1v) is 4.28. The molecule has 72 valence electrons. The molecule has 0 radical (unpaired) electrons. The molecule has 1 aromatic carbocycles. The van der Waals surface area contributed by atoms with Crippen molar-refractivity contribution >= 4 is 16.7 Å². The van der Waals surface area contributed by atoms with Crippen LogP contribution in [0.4, 0.5) is 10.1 Å². The maximum atomic E-state index is 13.1. The predicted molar refractivity (Wildman–Crippen MR) is 53.4 cm³/mol. The van der Waals surface area contributed by atoms with E-state index in [1.807, 2.05) is 13.8 Å². The van der Waals surface area contributed by atoms with E-state index in [0.29, 0.717) is 11.0 Å². The maximum absolute atomic E-state index is 13.1. The second-order valence-corrected chi connectivity index (χ2v) is 3.22. The summed E-state index contributed by atoms with van der Waals surface area (Å²) >= 11 is 0. The lowest BCUT2D eigenvalue weighted by Gasteiger charge is -2.04. The lowest BCUT2D eigenvalue weighted by atomic mass is 10.2. The highest BCUT2D eigenvalue weighted by Gasteiger charge is 2.07. The standard InChI is InChI=1S/C10H10FN3/c1-5-6(2)14-10-8(13-5)4-3-7(11)9(10)12/h3-4H,12H2,1-2H3. The van der Waals surface area contributed by atoms with Gasteiger partial charge in [0.15, 0.2) is 0 Å². The van der Waals surface area contributed by atoms with Crippen molar-refractivity contribution in [3.63, 3.8) is 0 Å². The fraction of sp³-hybridized carbons (Fsp3) is 0.200. The monoisotopic (exact) mass is 191 g/mol. The number of anilines is 1. The van der Waals surface area contributed by atoms with Gasteiger partial charge in [0.2, 0.25) is 0 Å². The molecule has 0 aliphatic rings. The van der Waals surface area contributed by atoms with Crippen LogP contribution in [0.3, 0.4) is 0 Å². The topological polar surface area (TPSA) is 51.8 Å². The third kappa shape index (κ3) is 1.19. The molecule has 2 rings (SSSR count). The van der Waals surface area contributed by atoms with Gasteiger partial charge in [0, 0.05) is 0 Å². The molecule has 1 heterocycles. The number of rotatable bonds is 0. The van der Waals surface area contributed by atoms with Crippen LogP contribution >= 0.6 is 0 Å². The molecule has 0 saturated heterocycles. The van der Waals surface area contributed by atoms with Crippen LogP contribution in [-0.4, -0.2) is 9.97 Å². The van der Waals surface area contributed by atoms with Gasteiger partial charge in [0.05, 0.1) is 22.6 Å². The van der Waals surface area contributed by atoms with E-state index in [1.165, 1.54) is 6.07 Å². The summed E-state index contributed by atoms with van der Waals surface area (Å²) in [6, 6.07) is 2.89. The molecule has 3 nitrogen and oxygen atoms in total. The smallest absolute Gasteiger partial charge is 0.148 e. The largest absolute Gasteiger partial charge is 0.395 e. The molecule has 0 spiro atoms. The van der Waals surface area contributed by atoms with Gasteiger partial charge in [-0.15, -0.1) is 0 Å². The van der Waals surface area contributed by atoms with Gasteiger partial charge in [0.1, 0.15) is 11.3 Å². The lowest BCUT2D eigenvalue weighted by Crippen LogP contribution is -1.99. The van der Waals surface area contributed by atoms with Crippen molar-refractivity contribution < 1.29 is 4.39 Å². The summed E-state index contributed by atoms with van der Waals surface area (Å²) in [5.41, 5.74) is 8.31. The van der Waals surface area contributed by atoms with Crippen molar-refractivity contribution in [2.24, 2.45) is 0 Å². The Morgan fingerprint density at radius 2 is 1.79 bits per heavy atom. The summed E-state index contributed by atoms with van der Waals surface area (Å²) in [6.07, 6.45) is 0. The molecule has 2 N–H and O–H groups in total. The van der Waals surface area contributed by atoms with Crippen molar-refractivity contribution in [1.29, 1.82) is 0 Å². The fourth-order valence-electron chi connectivity index (χ4n) is 1.29. The van der Waals surface area contributed by atoms with Crippen LogP contribution in [0.2, 0.25) is 0 Å². The highest BCUT2D eigenvalue weighted by atomic mass is 19.1. The highest BCUT2D eigenvalue weighted by molar-refractivity contribution is 5.86. The van der Waals surface area contributed by atoms with E-state index in [4.69, 9.17) is 5.73 Å². The highest BCUT2D eigenvalue weighted by Crippen LogP contribution is 2.21. The molecule has 0 aliphatic carbocycles. The number of halogens is 1. The minimum atomic E-state index is -0.449. The molecule has 0 unspecified atom stereocenters. The minimum Gasteiger partial charge on any atom is -0.395 e. The molecule has 2 aromatic rings. The van der Waals surface area contributed by atoms with E-state index >= 15 is 0 Å². The average molecular weight is 191 g/mol. The molecule has 0 amide bonds. The molecule has 0 fully saturated rings. The van der Waals surface area contributed by atoms with E-state index in [9.17, 15) is 4.39 Å². The predicted octanol–water partition coefficient (Wildman–Crippen LogP) is 1.97. The van der Waals surface area contributed by atoms with Gasteiger partial charge in [-0.25, -0.2) is 14.4 Å². The van der Waals surface area contributed by atoms with Crippen LogP contribution in [-0.2, 0) is 0 Å². The van der Waals surface area contributed by atoms with Gasteiger partial charge in [-0.3, -0.25) is 0 Å². The Morgan fingerprint density at radius 3 is 2.50 bits per heavy atom. The Kier molecular flexibility index (Phi) is 1.84. The normalized spacial score (nSPS) is 10.8. The van der Waals surface area contributed by atoms with E-state index in [1.54, 1.807) is 6.07 Å². The van der Waals surface area contributed by atoms with E-state index in [2.05, 4.69) is 9.97 Å². The average Bonchev–Trinajstić information content (AvgIpc) is 2.15. The number of nitrogens with two attached hydrogens (primary N) is 1. The van der Waals surface area contributed by atoms with Gasteiger partial charge >= 0.3 is 0 Å². The number of nitrogens with zero attached hydrogens (tertiary/aromatic N) is 2. The van der Waals surface area contributed by atoms with Crippen LogP contribution in [0.15, 0.2) is 12.1 Å². The summed E-state index contributed by atoms with van der Waals surface area (Å²) in [4.78, 5) is 8.48. The van der Waals surface area contributed by atoms with E-state index in [0.717, 1.165) is 11.4 Å². The van der Waals surface area contributed by atoms with E-state index in [-0.39, 0.29) is 5.69 Å². The number of benzene rings is 1. The van der Waals surface area contributed by atoms with Gasteiger partial charge in [0.25, 0.3) is 0 Å². The summed E-state index contributed by atoms with van der Waals surface area (Å²) < 4.78 is 13.1. The molecule has 1 aromatic heterocycles. The Bertz CT molecular complexity index is 508. The number of nitrogen functional groups attached to an aromatic ring is 1. The first kappa shape index (κ1) is 8.87. The van der Waals surface area contributed by atoms with Crippen molar-refractivity contribution in [1.82, 2.24) is 9.97 Å². The van der Waals surface area contributed by atoms with Crippen molar-refractivity contribution in [2.45, 2.75) is 13.8 Å².